The second kappa shape index (κ2) is 5.27. The van der Waals surface area contributed by atoms with Crippen LogP contribution in [0.3, 0.4) is 0 Å². The SMILES string of the molecule is CC(C)(C)C(N)C(=O)NCc1ccc(F)cc1. The molecule has 1 amide bonds. The van der Waals surface area contributed by atoms with Crippen molar-refractivity contribution in [3.63, 3.8) is 0 Å². The lowest BCUT2D eigenvalue weighted by molar-refractivity contribution is -0.124. The minimum Gasteiger partial charge on any atom is -0.351 e. The highest BCUT2D eigenvalue weighted by atomic mass is 19.1. The average Bonchev–Trinajstić information content (AvgIpc) is 2.25. The first-order valence-electron chi connectivity index (χ1n) is 5.58. The summed E-state index contributed by atoms with van der Waals surface area (Å²) in [6, 6.07) is 5.45. The van der Waals surface area contributed by atoms with Gasteiger partial charge >= 0.3 is 0 Å². The molecule has 1 rings (SSSR count). The second-order valence-electron chi connectivity index (χ2n) is 5.19. The van der Waals surface area contributed by atoms with Gasteiger partial charge in [0.1, 0.15) is 5.82 Å². The summed E-state index contributed by atoms with van der Waals surface area (Å²) in [5.41, 5.74) is 6.39. The molecule has 4 heteroatoms. The number of benzene rings is 1. The summed E-state index contributed by atoms with van der Waals surface area (Å²) in [6.45, 7) is 6.10. The van der Waals surface area contributed by atoms with Crippen molar-refractivity contribution in [3.05, 3.63) is 35.6 Å². The molecule has 0 saturated carbocycles. The van der Waals surface area contributed by atoms with E-state index in [4.69, 9.17) is 5.73 Å². The molecule has 0 radical (unpaired) electrons. The summed E-state index contributed by atoms with van der Waals surface area (Å²) in [5.74, 6) is -0.478. The van der Waals surface area contributed by atoms with Crippen LogP contribution in [-0.2, 0) is 11.3 Å². The lowest BCUT2D eigenvalue weighted by Crippen LogP contribution is -2.48. The van der Waals surface area contributed by atoms with Gasteiger partial charge in [0.25, 0.3) is 0 Å². The predicted octanol–water partition coefficient (Wildman–Crippen LogP) is 1.82. The van der Waals surface area contributed by atoms with Crippen molar-refractivity contribution in [1.29, 1.82) is 0 Å². The molecule has 3 nitrogen and oxygen atoms in total. The average molecular weight is 238 g/mol. The number of nitrogens with two attached hydrogens (primary N) is 1. The minimum atomic E-state index is -0.553. The first-order valence-corrected chi connectivity index (χ1v) is 5.58. The van der Waals surface area contributed by atoms with Crippen LogP contribution in [0.4, 0.5) is 4.39 Å². The van der Waals surface area contributed by atoms with Crippen molar-refractivity contribution in [2.75, 3.05) is 0 Å². The summed E-state index contributed by atoms with van der Waals surface area (Å²) in [4.78, 5) is 11.7. The van der Waals surface area contributed by atoms with Crippen LogP contribution in [0, 0.1) is 11.2 Å². The van der Waals surface area contributed by atoms with Gasteiger partial charge in [-0.3, -0.25) is 4.79 Å². The Kier molecular flexibility index (Phi) is 4.23. The van der Waals surface area contributed by atoms with Crippen molar-refractivity contribution in [2.24, 2.45) is 11.1 Å². The summed E-state index contributed by atoms with van der Waals surface area (Å²) in [6.07, 6.45) is 0. The fraction of sp³-hybridized carbons (Fsp3) is 0.462. The zero-order chi connectivity index (χ0) is 13.1. The first kappa shape index (κ1) is 13.6. The first-order chi connectivity index (χ1) is 7.80. The Morgan fingerprint density at radius 2 is 1.88 bits per heavy atom. The maximum atomic E-state index is 12.7. The molecule has 0 saturated heterocycles. The topological polar surface area (TPSA) is 55.1 Å². The van der Waals surface area contributed by atoms with Crippen molar-refractivity contribution in [3.8, 4) is 0 Å². The van der Waals surface area contributed by atoms with Gasteiger partial charge in [-0.05, 0) is 23.1 Å². The number of amides is 1. The number of rotatable bonds is 3. The number of halogens is 1. The summed E-state index contributed by atoms with van der Waals surface area (Å²) in [7, 11) is 0. The van der Waals surface area contributed by atoms with Crippen LogP contribution in [-0.4, -0.2) is 11.9 Å². The fourth-order valence-electron chi connectivity index (χ4n) is 1.29. The Labute approximate surface area is 101 Å². The maximum Gasteiger partial charge on any atom is 0.237 e. The van der Waals surface area contributed by atoms with Crippen molar-refractivity contribution in [1.82, 2.24) is 5.32 Å². The monoisotopic (exact) mass is 238 g/mol. The highest BCUT2D eigenvalue weighted by Crippen LogP contribution is 2.17. The fourth-order valence-corrected chi connectivity index (χ4v) is 1.29. The van der Waals surface area contributed by atoms with Crippen molar-refractivity contribution >= 4 is 5.91 Å². The number of nitrogens with one attached hydrogen (secondary N) is 1. The van der Waals surface area contributed by atoms with Gasteiger partial charge in [-0.1, -0.05) is 32.9 Å². The maximum absolute atomic E-state index is 12.7. The third-order valence-electron chi connectivity index (χ3n) is 2.60. The normalized spacial score (nSPS) is 13.2. The molecule has 17 heavy (non-hydrogen) atoms. The Balaban J connectivity index is 2.51. The quantitative estimate of drug-likeness (QED) is 0.844. The molecule has 0 fully saturated rings. The molecule has 0 heterocycles. The molecule has 1 unspecified atom stereocenters. The van der Waals surface area contributed by atoms with E-state index < -0.39 is 6.04 Å². The number of carbonyl (C=O) groups is 1. The van der Waals surface area contributed by atoms with Crippen LogP contribution in [0.15, 0.2) is 24.3 Å². The highest BCUT2D eigenvalue weighted by Gasteiger charge is 2.26. The third-order valence-corrected chi connectivity index (χ3v) is 2.60. The molecule has 0 aromatic heterocycles. The summed E-state index contributed by atoms with van der Waals surface area (Å²) < 4.78 is 12.7. The molecule has 0 aliphatic heterocycles. The van der Waals surface area contributed by atoms with E-state index in [1.54, 1.807) is 12.1 Å². The molecular formula is C13H19FN2O. The zero-order valence-corrected chi connectivity index (χ0v) is 10.5. The number of carbonyl (C=O) groups excluding carboxylic acids is 1. The molecule has 3 N–H and O–H groups in total. The van der Waals surface area contributed by atoms with Crippen LogP contribution in [0.2, 0.25) is 0 Å². The van der Waals surface area contributed by atoms with Crippen LogP contribution in [0.1, 0.15) is 26.3 Å². The van der Waals surface area contributed by atoms with Crippen LogP contribution >= 0.6 is 0 Å². The molecule has 0 aliphatic carbocycles. The zero-order valence-electron chi connectivity index (χ0n) is 10.5. The molecule has 0 spiro atoms. The lowest BCUT2D eigenvalue weighted by atomic mass is 9.87. The molecular weight excluding hydrogens is 219 g/mol. The lowest BCUT2D eigenvalue weighted by Gasteiger charge is -2.25. The molecule has 0 bridgehead atoms. The van der Waals surface area contributed by atoms with Gasteiger partial charge in [-0.15, -0.1) is 0 Å². The second-order valence-corrected chi connectivity index (χ2v) is 5.19. The van der Waals surface area contributed by atoms with Crippen molar-refractivity contribution in [2.45, 2.75) is 33.4 Å². The minimum absolute atomic E-state index is 0.193. The van der Waals surface area contributed by atoms with Gasteiger partial charge < -0.3 is 11.1 Å². The van der Waals surface area contributed by atoms with E-state index in [0.29, 0.717) is 6.54 Å². The van der Waals surface area contributed by atoms with E-state index >= 15 is 0 Å². The molecule has 1 aromatic carbocycles. The number of hydrogen-bond acceptors (Lipinski definition) is 2. The molecule has 1 atom stereocenters. The van der Waals surface area contributed by atoms with Gasteiger partial charge in [-0.2, -0.15) is 0 Å². The van der Waals surface area contributed by atoms with E-state index in [1.807, 2.05) is 20.8 Å². The van der Waals surface area contributed by atoms with Crippen LogP contribution in [0.25, 0.3) is 0 Å². The Bertz CT molecular complexity index is 381. The highest BCUT2D eigenvalue weighted by molar-refractivity contribution is 5.82. The predicted molar refractivity (Wildman–Crippen MR) is 65.7 cm³/mol. The van der Waals surface area contributed by atoms with Crippen LogP contribution in [0.5, 0.6) is 0 Å². The Morgan fingerprint density at radius 3 is 2.35 bits per heavy atom. The van der Waals surface area contributed by atoms with Gasteiger partial charge in [0.2, 0.25) is 5.91 Å². The van der Waals surface area contributed by atoms with Gasteiger partial charge in [0.15, 0.2) is 0 Å². The number of hydrogen-bond donors (Lipinski definition) is 2. The van der Waals surface area contributed by atoms with E-state index in [-0.39, 0.29) is 17.1 Å². The third kappa shape index (κ3) is 4.15. The van der Waals surface area contributed by atoms with E-state index in [1.165, 1.54) is 12.1 Å². The molecule has 1 aromatic rings. The smallest absolute Gasteiger partial charge is 0.237 e. The van der Waals surface area contributed by atoms with E-state index in [0.717, 1.165) is 5.56 Å². The van der Waals surface area contributed by atoms with Gasteiger partial charge in [0.05, 0.1) is 6.04 Å². The molecule has 94 valence electrons. The van der Waals surface area contributed by atoms with E-state index in [2.05, 4.69) is 5.32 Å². The standard InChI is InChI=1S/C13H19FN2O/c1-13(2,3)11(15)12(17)16-8-9-4-6-10(14)7-5-9/h4-7,11H,8,15H2,1-3H3,(H,16,17). The summed E-state index contributed by atoms with van der Waals surface area (Å²) >= 11 is 0. The summed E-state index contributed by atoms with van der Waals surface area (Å²) in [5, 5.41) is 2.74. The van der Waals surface area contributed by atoms with Crippen molar-refractivity contribution < 1.29 is 9.18 Å². The molecule has 0 aliphatic rings. The largest absolute Gasteiger partial charge is 0.351 e. The van der Waals surface area contributed by atoms with Crippen LogP contribution < -0.4 is 11.1 Å². The van der Waals surface area contributed by atoms with Gasteiger partial charge in [0, 0.05) is 6.54 Å². The Morgan fingerprint density at radius 1 is 1.35 bits per heavy atom. The Hall–Kier alpha value is -1.42. The van der Waals surface area contributed by atoms with E-state index in [9.17, 15) is 9.18 Å². The van der Waals surface area contributed by atoms with Gasteiger partial charge in [-0.25, -0.2) is 4.39 Å².